The first-order valence-corrected chi connectivity index (χ1v) is 8.85. The van der Waals surface area contributed by atoms with Gasteiger partial charge in [0.1, 0.15) is 0 Å². The van der Waals surface area contributed by atoms with Gasteiger partial charge < -0.3 is 15.5 Å². The topological polar surface area (TPSA) is 27.3 Å². The Hall–Kier alpha value is -0.840. The Bertz CT molecular complexity index is 485. The number of halogens is 1. The number of para-hydroxylation sites is 1. The van der Waals surface area contributed by atoms with E-state index in [1.807, 2.05) is 24.3 Å². The number of anilines is 1. The highest BCUT2D eigenvalue weighted by molar-refractivity contribution is 7.80. The molecule has 0 aliphatic carbocycles. The highest BCUT2D eigenvalue weighted by Crippen LogP contribution is 2.21. The molecule has 1 saturated heterocycles. The van der Waals surface area contributed by atoms with Crippen LogP contribution in [0.5, 0.6) is 0 Å². The van der Waals surface area contributed by atoms with Crippen LogP contribution in [0.3, 0.4) is 0 Å². The molecule has 122 valence electrons. The van der Waals surface area contributed by atoms with Crippen LogP contribution in [0.4, 0.5) is 5.69 Å². The molecule has 22 heavy (non-hydrogen) atoms. The first kappa shape index (κ1) is 17.5. The zero-order valence-corrected chi connectivity index (χ0v) is 15.0. The van der Waals surface area contributed by atoms with Crippen LogP contribution in [0.2, 0.25) is 5.02 Å². The van der Waals surface area contributed by atoms with Crippen molar-refractivity contribution in [3.63, 3.8) is 0 Å². The van der Waals surface area contributed by atoms with E-state index in [-0.39, 0.29) is 0 Å². The summed E-state index contributed by atoms with van der Waals surface area (Å²) in [7, 11) is 0. The Morgan fingerprint density at radius 3 is 2.64 bits per heavy atom. The van der Waals surface area contributed by atoms with E-state index in [1.54, 1.807) is 0 Å². The van der Waals surface area contributed by atoms with E-state index in [9.17, 15) is 0 Å². The molecule has 0 amide bonds. The van der Waals surface area contributed by atoms with Crippen molar-refractivity contribution in [1.29, 1.82) is 0 Å². The molecule has 0 spiro atoms. The first-order chi connectivity index (χ1) is 10.5. The lowest BCUT2D eigenvalue weighted by Gasteiger charge is -2.35. The van der Waals surface area contributed by atoms with Gasteiger partial charge in [0.25, 0.3) is 0 Å². The van der Waals surface area contributed by atoms with Gasteiger partial charge in [-0.2, -0.15) is 0 Å². The molecule has 1 fully saturated rings. The molecule has 1 aliphatic rings. The molecule has 0 unspecified atom stereocenters. The Morgan fingerprint density at radius 1 is 1.27 bits per heavy atom. The van der Waals surface area contributed by atoms with E-state index in [4.69, 9.17) is 23.8 Å². The third-order valence-electron chi connectivity index (χ3n) is 4.00. The highest BCUT2D eigenvalue weighted by atomic mass is 35.5. The van der Waals surface area contributed by atoms with Crippen molar-refractivity contribution in [2.24, 2.45) is 11.8 Å². The van der Waals surface area contributed by atoms with Crippen molar-refractivity contribution >= 4 is 34.6 Å². The molecule has 1 heterocycles. The lowest BCUT2D eigenvalue weighted by molar-refractivity contribution is 0.140. The molecule has 3 nitrogen and oxygen atoms in total. The summed E-state index contributed by atoms with van der Waals surface area (Å²) in [5, 5.41) is 7.71. The molecule has 0 saturated carbocycles. The average molecular weight is 340 g/mol. The minimum atomic E-state index is 0.633. The van der Waals surface area contributed by atoms with Gasteiger partial charge in [-0.05, 0) is 55.6 Å². The maximum atomic E-state index is 6.10. The third-order valence-corrected chi connectivity index (χ3v) is 4.58. The largest absolute Gasteiger partial charge is 0.362 e. The Kier molecular flexibility index (Phi) is 6.93. The summed E-state index contributed by atoms with van der Waals surface area (Å²) in [5.41, 5.74) is 0.848. The monoisotopic (exact) mass is 339 g/mol. The summed E-state index contributed by atoms with van der Waals surface area (Å²) in [6.45, 7) is 9.18. The quantitative estimate of drug-likeness (QED) is 0.626. The number of thiocarbonyl (C=S) groups is 1. The van der Waals surface area contributed by atoms with Gasteiger partial charge in [-0.15, -0.1) is 0 Å². The van der Waals surface area contributed by atoms with Crippen molar-refractivity contribution in [1.82, 2.24) is 10.2 Å². The van der Waals surface area contributed by atoms with Crippen LogP contribution in [0, 0.1) is 11.8 Å². The molecule has 2 rings (SSSR count). The van der Waals surface area contributed by atoms with Crippen LogP contribution >= 0.6 is 23.8 Å². The standard InChI is InChI=1S/C17H26ClN3S/c1-13-10-14(2)12-21(11-13)9-5-8-19-17(22)20-16-7-4-3-6-15(16)18/h3-4,6-7,13-14H,5,8-12H2,1-2H3,(H2,19,20,22)/t13-,14+. The molecule has 1 aliphatic heterocycles. The van der Waals surface area contributed by atoms with Crippen molar-refractivity contribution < 1.29 is 0 Å². The second kappa shape index (κ2) is 8.70. The number of hydrogen-bond acceptors (Lipinski definition) is 2. The van der Waals surface area contributed by atoms with E-state index < -0.39 is 0 Å². The second-order valence-corrected chi connectivity index (χ2v) is 7.24. The van der Waals surface area contributed by atoms with E-state index in [2.05, 4.69) is 29.4 Å². The van der Waals surface area contributed by atoms with Gasteiger partial charge in [0.05, 0.1) is 10.7 Å². The number of nitrogens with zero attached hydrogens (tertiary/aromatic N) is 1. The number of nitrogens with one attached hydrogen (secondary N) is 2. The summed E-state index contributed by atoms with van der Waals surface area (Å²) in [6.07, 6.45) is 2.46. The summed E-state index contributed by atoms with van der Waals surface area (Å²) < 4.78 is 0. The fourth-order valence-corrected chi connectivity index (χ4v) is 3.60. The maximum absolute atomic E-state index is 6.10. The minimum Gasteiger partial charge on any atom is -0.362 e. The van der Waals surface area contributed by atoms with Gasteiger partial charge in [0.2, 0.25) is 0 Å². The maximum Gasteiger partial charge on any atom is 0.170 e. The number of hydrogen-bond donors (Lipinski definition) is 2. The van der Waals surface area contributed by atoms with Gasteiger partial charge in [-0.25, -0.2) is 0 Å². The van der Waals surface area contributed by atoms with Crippen LogP contribution < -0.4 is 10.6 Å². The summed E-state index contributed by atoms with van der Waals surface area (Å²) in [6, 6.07) is 7.62. The number of rotatable bonds is 5. The Balaban J connectivity index is 1.64. The molecular formula is C17H26ClN3S. The molecular weight excluding hydrogens is 314 g/mol. The Labute approximate surface area is 144 Å². The zero-order chi connectivity index (χ0) is 15.9. The first-order valence-electron chi connectivity index (χ1n) is 8.06. The van der Waals surface area contributed by atoms with E-state index in [0.29, 0.717) is 10.1 Å². The van der Waals surface area contributed by atoms with Crippen molar-refractivity contribution in [3.8, 4) is 0 Å². The van der Waals surface area contributed by atoms with Gasteiger partial charge in [0.15, 0.2) is 5.11 Å². The van der Waals surface area contributed by atoms with Gasteiger partial charge in [-0.3, -0.25) is 0 Å². The van der Waals surface area contributed by atoms with Crippen molar-refractivity contribution in [2.45, 2.75) is 26.7 Å². The SMILES string of the molecule is C[C@@H]1C[C@H](C)CN(CCCNC(=S)Nc2ccccc2Cl)C1. The van der Waals surface area contributed by atoms with E-state index >= 15 is 0 Å². The second-order valence-electron chi connectivity index (χ2n) is 6.42. The van der Waals surface area contributed by atoms with E-state index in [0.717, 1.165) is 37.0 Å². The van der Waals surface area contributed by atoms with Crippen LogP contribution in [-0.4, -0.2) is 36.2 Å². The fraction of sp³-hybridized carbons (Fsp3) is 0.588. The molecule has 2 atom stereocenters. The molecule has 0 bridgehead atoms. The lowest BCUT2D eigenvalue weighted by Crippen LogP contribution is -2.40. The molecule has 5 heteroatoms. The minimum absolute atomic E-state index is 0.633. The predicted octanol–water partition coefficient (Wildman–Crippen LogP) is 3.99. The van der Waals surface area contributed by atoms with Crippen LogP contribution in [0.15, 0.2) is 24.3 Å². The molecule has 1 aromatic rings. The van der Waals surface area contributed by atoms with Gasteiger partial charge in [0, 0.05) is 19.6 Å². The highest BCUT2D eigenvalue weighted by Gasteiger charge is 2.20. The van der Waals surface area contributed by atoms with Crippen LogP contribution in [-0.2, 0) is 0 Å². The number of benzene rings is 1. The fourth-order valence-electron chi connectivity index (χ4n) is 3.21. The van der Waals surface area contributed by atoms with Gasteiger partial charge in [-0.1, -0.05) is 37.6 Å². The molecule has 0 aromatic heterocycles. The van der Waals surface area contributed by atoms with Crippen molar-refractivity contribution in [3.05, 3.63) is 29.3 Å². The van der Waals surface area contributed by atoms with Crippen molar-refractivity contribution in [2.75, 3.05) is 31.5 Å². The normalized spacial score (nSPS) is 22.3. The predicted molar refractivity (Wildman–Crippen MR) is 99.7 cm³/mol. The summed E-state index contributed by atoms with van der Waals surface area (Å²) >= 11 is 11.4. The zero-order valence-electron chi connectivity index (χ0n) is 13.4. The smallest absolute Gasteiger partial charge is 0.170 e. The van der Waals surface area contributed by atoms with E-state index in [1.165, 1.54) is 19.5 Å². The van der Waals surface area contributed by atoms with Gasteiger partial charge >= 0.3 is 0 Å². The number of likely N-dealkylation sites (tertiary alicyclic amines) is 1. The molecule has 1 aromatic carbocycles. The van der Waals surface area contributed by atoms with Crippen LogP contribution in [0.1, 0.15) is 26.7 Å². The molecule has 0 radical (unpaired) electrons. The lowest BCUT2D eigenvalue weighted by atomic mass is 9.92. The average Bonchev–Trinajstić information content (AvgIpc) is 2.45. The molecule has 2 N–H and O–H groups in total. The number of piperidine rings is 1. The van der Waals surface area contributed by atoms with Crippen LogP contribution in [0.25, 0.3) is 0 Å². The summed E-state index contributed by atoms with van der Waals surface area (Å²) in [4.78, 5) is 2.57. The summed E-state index contributed by atoms with van der Waals surface area (Å²) in [5.74, 6) is 1.64. The Morgan fingerprint density at radius 2 is 1.95 bits per heavy atom. The third kappa shape index (κ3) is 5.75.